The normalized spacial score (nSPS) is 14.9. The number of ether oxygens (including phenoxy) is 1. The number of rotatable bonds is 6. The highest BCUT2D eigenvalue weighted by Gasteiger charge is 2.27. The summed E-state index contributed by atoms with van der Waals surface area (Å²) in [6, 6.07) is 18.4. The molecule has 32 heavy (non-hydrogen) atoms. The number of carbonyl (C=O) groups excluding carboxylic acids is 1. The van der Waals surface area contributed by atoms with Crippen molar-refractivity contribution in [2.45, 2.75) is 40.3 Å². The number of nitrogens with one attached hydrogen (secondary N) is 1. The van der Waals surface area contributed by atoms with Crippen molar-refractivity contribution in [2.75, 3.05) is 31.2 Å². The maximum atomic E-state index is 13.6. The first-order chi connectivity index (χ1) is 15.5. The van der Waals surface area contributed by atoms with Crippen LogP contribution in [-0.4, -0.2) is 36.8 Å². The zero-order valence-electron chi connectivity index (χ0n) is 19.5. The third-order valence-electron chi connectivity index (χ3n) is 6.51. The van der Waals surface area contributed by atoms with Gasteiger partial charge in [-0.15, -0.1) is 0 Å². The van der Waals surface area contributed by atoms with E-state index in [4.69, 9.17) is 4.74 Å². The summed E-state index contributed by atoms with van der Waals surface area (Å²) in [6.45, 7) is 12.2. The van der Waals surface area contributed by atoms with Crippen LogP contribution in [0.5, 0.6) is 0 Å². The van der Waals surface area contributed by atoms with E-state index in [2.05, 4.69) is 72.0 Å². The van der Waals surface area contributed by atoms with Crippen molar-refractivity contribution >= 4 is 11.6 Å². The lowest BCUT2D eigenvalue weighted by molar-refractivity contribution is 0.0930. The van der Waals surface area contributed by atoms with Crippen molar-refractivity contribution in [3.05, 3.63) is 88.2 Å². The van der Waals surface area contributed by atoms with Crippen LogP contribution in [0, 0.1) is 20.8 Å². The van der Waals surface area contributed by atoms with Crippen LogP contribution in [0.3, 0.4) is 0 Å². The van der Waals surface area contributed by atoms with E-state index in [1.165, 1.54) is 16.8 Å². The number of morpholine rings is 1. The Labute approximate surface area is 191 Å². The Bertz CT molecular complexity index is 1080. The van der Waals surface area contributed by atoms with Gasteiger partial charge in [-0.1, -0.05) is 54.6 Å². The molecule has 168 valence electrons. The lowest BCUT2D eigenvalue weighted by Gasteiger charge is -2.29. The zero-order valence-corrected chi connectivity index (χ0v) is 19.5. The first kappa shape index (κ1) is 22.2. The van der Waals surface area contributed by atoms with Crippen molar-refractivity contribution < 1.29 is 9.53 Å². The maximum Gasteiger partial charge on any atom is 0.268 e. The highest BCUT2D eigenvalue weighted by molar-refractivity contribution is 5.97. The summed E-state index contributed by atoms with van der Waals surface area (Å²) in [5, 5.41) is 3.23. The molecule has 4 rings (SSSR count). The summed E-state index contributed by atoms with van der Waals surface area (Å²) in [5.74, 6) is -0.0324. The monoisotopic (exact) mass is 431 g/mol. The quantitative estimate of drug-likeness (QED) is 0.610. The molecule has 1 aliphatic heterocycles. The molecule has 1 amide bonds. The number of aryl methyl sites for hydroxylation is 1. The van der Waals surface area contributed by atoms with E-state index in [1.54, 1.807) is 0 Å². The van der Waals surface area contributed by atoms with Crippen molar-refractivity contribution in [1.29, 1.82) is 0 Å². The Morgan fingerprint density at radius 2 is 1.66 bits per heavy atom. The van der Waals surface area contributed by atoms with Crippen LogP contribution in [-0.2, 0) is 11.3 Å². The predicted octanol–water partition coefficient (Wildman–Crippen LogP) is 4.79. The van der Waals surface area contributed by atoms with Gasteiger partial charge in [0.1, 0.15) is 5.69 Å². The second-order valence-corrected chi connectivity index (χ2v) is 8.63. The molecular formula is C27H33N3O2. The number of benzene rings is 2. The zero-order chi connectivity index (χ0) is 22.7. The molecule has 2 aromatic carbocycles. The molecule has 1 saturated heterocycles. The second-order valence-electron chi connectivity index (χ2n) is 8.63. The van der Waals surface area contributed by atoms with Gasteiger partial charge in [0, 0.05) is 30.9 Å². The Hall–Kier alpha value is -3.05. The predicted molar refractivity (Wildman–Crippen MR) is 130 cm³/mol. The standard InChI is InChI=1S/C27H33N3O2/c1-19-10-8-9-13-24(19)18-30-22(4)25(29-14-16-32-17-15-29)20(2)26(30)27(31)28-21(3)23-11-6-5-7-12-23/h5-13,21H,14-18H2,1-4H3,(H,28,31)/t21-/m0/s1. The van der Waals surface area contributed by atoms with Crippen LogP contribution in [0.15, 0.2) is 54.6 Å². The number of amides is 1. The molecule has 1 aliphatic rings. The van der Waals surface area contributed by atoms with Crippen molar-refractivity contribution in [3.63, 3.8) is 0 Å². The fraction of sp³-hybridized carbons (Fsp3) is 0.370. The molecule has 1 aromatic heterocycles. The minimum absolute atomic E-state index is 0.0324. The van der Waals surface area contributed by atoms with Crippen molar-refractivity contribution in [2.24, 2.45) is 0 Å². The van der Waals surface area contributed by atoms with E-state index in [0.717, 1.165) is 35.6 Å². The van der Waals surface area contributed by atoms with Crippen LogP contribution in [0.2, 0.25) is 0 Å². The molecule has 0 saturated carbocycles. The topological polar surface area (TPSA) is 46.5 Å². The first-order valence-electron chi connectivity index (χ1n) is 11.4. The highest BCUT2D eigenvalue weighted by Crippen LogP contribution is 2.33. The summed E-state index contributed by atoms with van der Waals surface area (Å²) in [5.41, 5.74) is 7.63. The van der Waals surface area contributed by atoms with Crippen molar-refractivity contribution in [3.8, 4) is 0 Å². The molecule has 1 fully saturated rings. The first-order valence-corrected chi connectivity index (χ1v) is 11.4. The number of carbonyl (C=O) groups is 1. The van der Waals surface area contributed by atoms with Gasteiger partial charge in [-0.2, -0.15) is 0 Å². The van der Waals surface area contributed by atoms with E-state index in [-0.39, 0.29) is 11.9 Å². The summed E-state index contributed by atoms with van der Waals surface area (Å²) in [7, 11) is 0. The average molecular weight is 432 g/mol. The Morgan fingerprint density at radius 1 is 1.00 bits per heavy atom. The van der Waals surface area contributed by atoms with Gasteiger partial charge in [0.05, 0.1) is 24.9 Å². The van der Waals surface area contributed by atoms with Gasteiger partial charge in [-0.05, 0) is 44.4 Å². The van der Waals surface area contributed by atoms with Crippen molar-refractivity contribution in [1.82, 2.24) is 9.88 Å². The van der Waals surface area contributed by atoms with Gasteiger partial charge in [0.15, 0.2) is 0 Å². The van der Waals surface area contributed by atoms with E-state index in [0.29, 0.717) is 19.8 Å². The molecule has 2 heterocycles. The van der Waals surface area contributed by atoms with Crippen LogP contribution in [0.1, 0.15) is 51.4 Å². The molecule has 3 aromatic rings. The van der Waals surface area contributed by atoms with Crippen LogP contribution >= 0.6 is 0 Å². The lowest BCUT2D eigenvalue weighted by Crippen LogP contribution is -2.36. The second kappa shape index (κ2) is 9.61. The molecule has 5 nitrogen and oxygen atoms in total. The Kier molecular flexibility index (Phi) is 6.66. The van der Waals surface area contributed by atoms with Gasteiger partial charge in [-0.25, -0.2) is 0 Å². The summed E-state index contributed by atoms with van der Waals surface area (Å²) in [4.78, 5) is 16.0. The lowest BCUT2D eigenvalue weighted by atomic mass is 10.1. The molecule has 1 atom stereocenters. The highest BCUT2D eigenvalue weighted by atomic mass is 16.5. The van der Waals surface area contributed by atoms with Gasteiger partial charge in [-0.3, -0.25) is 4.79 Å². The van der Waals surface area contributed by atoms with Crippen LogP contribution in [0.4, 0.5) is 5.69 Å². The number of nitrogens with zero attached hydrogens (tertiary/aromatic N) is 2. The molecular weight excluding hydrogens is 398 g/mol. The molecule has 0 spiro atoms. The minimum Gasteiger partial charge on any atom is -0.378 e. The SMILES string of the molecule is Cc1ccccc1Cn1c(C)c(N2CCOCC2)c(C)c1C(=O)N[C@@H](C)c1ccccc1. The van der Waals surface area contributed by atoms with E-state index < -0.39 is 0 Å². The molecule has 0 aliphatic carbocycles. The molecule has 1 N–H and O–H groups in total. The Morgan fingerprint density at radius 3 is 2.34 bits per heavy atom. The third kappa shape index (κ3) is 4.44. The fourth-order valence-corrected chi connectivity index (χ4v) is 4.67. The van der Waals surface area contributed by atoms with Crippen LogP contribution in [0.25, 0.3) is 0 Å². The van der Waals surface area contributed by atoms with E-state index in [1.807, 2.05) is 25.1 Å². The van der Waals surface area contributed by atoms with Gasteiger partial charge >= 0.3 is 0 Å². The molecule has 0 unspecified atom stereocenters. The van der Waals surface area contributed by atoms with E-state index in [9.17, 15) is 4.79 Å². The van der Waals surface area contributed by atoms with Gasteiger partial charge in [0.2, 0.25) is 0 Å². The molecule has 5 heteroatoms. The smallest absolute Gasteiger partial charge is 0.268 e. The third-order valence-corrected chi connectivity index (χ3v) is 6.51. The fourth-order valence-electron chi connectivity index (χ4n) is 4.67. The largest absolute Gasteiger partial charge is 0.378 e. The van der Waals surface area contributed by atoms with Gasteiger partial charge < -0.3 is 19.5 Å². The maximum absolute atomic E-state index is 13.6. The molecule has 0 radical (unpaired) electrons. The average Bonchev–Trinajstić information content (AvgIpc) is 3.05. The number of hydrogen-bond acceptors (Lipinski definition) is 3. The number of aromatic nitrogens is 1. The van der Waals surface area contributed by atoms with Gasteiger partial charge in [0.25, 0.3) is 5.91 Å². The van der Waals surface area contributed by atoms with E-state index >= 15 is 0 Å². The molecule has 0 bridgehead atoms. The number of hydrogen-bond donors (Lipinski definition) is 1. The van der Waals surface area contributed by atoms with Crippen LogP contribution < -0.4 is 10.2 Å². The minimum atomic E-state index is -0.0722. The number of anilines is 1. The summed E-state index contributed by atoms with van der Waals surface area (Å²) < 4.78 is 7.76. The Balaban J connectivity index is 1.73. The summed E-state index contributed by atoms with van der Waals surface area (Å²) in [6.07, 6.45) is 0. The summed E-state index contributed by atoms with van der Waals surface area (Å²) >= 11 is 0.